The number of carbonyl (C=O) groups is 1. The van der Waals surface area contributed by atoms with Crippen LogP contribution in [0.5, 0.6) is 0 Å². The van der Waals surface area contributed by atoms with Crippen molar-refractivity contribution in [3.05, 3.63) is 12.2 Å². The molecule has 0 amide bonds. The predicted molar refractivity (Wildman–Crippen MR) is 71.2 cm³/mol. The van der Waals surface area contributed by atoms with Crippen molar-refractivity contribution in [2.75, 3.05) is 6.61 Å². The minimum Gasteiger partial charge on any atom is -0.394 e. The Morgan fingerprint density at radius 3 is 2.67 bits per heavy atom. The SMILES string of the molecule is C[C@@]1(C=O)CCC=C[C@@H]1O[C@@H]1O[C@H](CO)[C@@H](O)[C@H](O)[C@H]1O. The maximum atomic E-state index is 11.3. The summed E-state index contributed by atoms with van der Waals surface area (Å²) in [5, 5.41) is 38.5. The topological polar surface area (TPSA) is 116 Å². The molecule has 1 fully saturated rings. The molecule has 1 aliphatic carbocycles. The van der Waals surface area contributed by atoms with Crippen molar-refractivity contribution < 1.29 is 34.7 Å². The van der Waals surface area contributed by atoms with E-state index in [1.165, 1.54) is 0 Å². The first-order valence-corrected chi connectivity index (χ1v) is 7.02. The van der Waals surface area contributed by atoms with E-state index in [1.807, 2.05) is 6.08 Å². The summed E-state index contributed by atoms with van der Waals surface area (Å²) in [5.41, 5.74) is -0.743. The number of aliphatic hydroxyl groups excluding tert-OH is 4. The van der Waals surface area contributed by atoms with E-state index in [4.69, 9.17) is 14.6 Å². The van der Waals surface area contributed by atoms with Gasteiger partial charge in [0, 0.05) is 0 Å². The molecule has 0 aromatic rings. The number of aldehydes is 1. The Bertz CT molecular complexity index is 397. The van der Waals surface area contributed by atoms with E-state index >= 15 is 0 Å². The molecule has 0 unspecified atom stereocenters. The van der Waals surface area contributed by atoms with Crippen LogP contribution in [-0.4, -0.2) is 70.1 Å². The third-order valence-corrected chi connectivity index (χ3v) is 4.21. The van der Waals surface area contributed by atoms with Crippen LogP contribution in [0.15, 0.2) is 12.2 Å². The van der Waals surface area contributed by atoms with Crippen molar-refractivity contribution >= 4 is 6.29 Å². The maximum Gasteiger partial charge on any atom is 0.187 e. The molecule has 2 aliphatic rings. The lowest BCUT2D eigenvalue weighted by Crippen LogP contribution is -2.60. The average molecular weight is 302 g/mol. The van der Waals surface area contributed by atoms with E-state index in [-0.39, 0.29) is 0 Å². The first-order valence-electron chi connectivity index (χ1n) is 7.02. The first-order chi connectivity index (χ1) is 9.92. The number of ether oxygens (including phenoxy) is 2. The molecular formula is C14H22O7. The standard InChI is InChI=1S/C14H22O7/c1-14(7-16)5-3-2-4-9(14)21-13-12(19)11(18)10(17)8(6-15)20-13/h2,4,7-13,15,17-19H,3,5-6H2,1H3/t8-,9+,10-,11+,12-,13+,14+/m1/s1. The van der Waals surface area contributed by atoms with Crippen LogP contribution in [0.25, 0.3) is 0 Å². The fourth-order valence-corrected chi connectivity index (χ4v) is 2.63. The molecule has 1 heterocycles. The highest BCUT2D eigenvalue weighted by Crippen LogP contribution is 2.35. The Morgan fingerprint density at radius 1 is 1.33 bits per heavy atom. The minimum atomic E-state index is -1.49. The second-order valence-corrected chi connectivity index (χ2v) is 5.84. The summed E-state index contributed by atoms with van der Waals surface area (Å²) in [7, 11) is 0. The molecule has 1 saturated heterocycles. The molecule has 0 bridgehead atoms. The molecule has 4 N–H and O–H groups in total. The molecule has 1 aliphatic heterocycles. The number of rotatable bonds is 4. The van der Waals surface area contributed by atoms with E-state index in [1.54, 1.807) is 13.0 Å². The lowest BCUT2D eigenvalue weighted by Gasteiger charge is -2.43. The normalized spacial score (nSPS) is 47.3. The van der Waals surface area contributed by atoms with Crippen LogP contribution in [-0.2, 0) is 14.3 Å². The summed E-state index contributed by atoms with van der Waals surface area (Å²) in [5.74, 6) is 0. The first kappa shape index (κ1) is 16.5. The van der Waals surface area contributed by atoms with E-state index in [9.17, 15) is 20.1 Å². The lowest BCUT2D eigenvalue weighted by molar-refractivity contribution is -0.313. The van der Waals surface area contributed by atoms with Gasteiger partial charge in [-0.3, -0.25) is 0 Å². The molecular weight excluding hydrogens is 280 g/mol. The van der Waals surface area contributed by atoms with Gasteiger partial charge in [-0.25, -0.2) is 0 Å². The molecule has 7 nitrogen and oxygen atoms in total. The summed E-state index contributed by atoms with van der Waals surface area (Å²) < 4.78 is 10.9. The van der Waals surface area contributed by atoms with E-state index < -0.39 is 48.8 Å². The highest BCUT2D eigenvalue weighted by atomic mass is 16.7. The van der Waals surface area contributed by atoms with Gasteiger partial charge in [0.15, 0.2) is 6.29 Å². The predicted octanol–water partition coefficient (Wildman–Crippen LogP) is -1.27. The van der Waals surface area contributed by atoms with Crippen molar-refractivity contribution in [1.29, 1.82) is 0 Å². The number of hydrogen-bond acceptors (Lipinski definition) is 7. The van der Waals surface area contributed by atoms with Gasteiger partial charge in [0.05, 0.1) is 18.1 Å². The molecule has 7 atom stereocenters. The van der Waals surface area contributed by atoms with Crippen molar-refractivity contribution in [2.45, 2.75) is 56.6 Å². The molecule has 21 heavy (non-hydrogen) atoms. The minimum absolute atomic E-state index is 0.518. The largest absolute Gasteiger partial charge is 0.394 e. The van der Waals surface area contributed by atoms with Crippen molar-refractivity contribution in [3.63, 3.8) is 0 Å². The number of aliphatic hydroxyl groups is 4. The van der Waals surface area contributed by atoms with E-state index in [0.717, 1.165) is 12.7 Å². The molecule has 2 rings (SSSR count). The lowest BCUT2D eigenvalue weighted by atomic mass is 9.78. The Morgan fingerprint density at radius 2 is 2.05 bits per heavy atom. The molecule has 0 aromatic heterocycles. The van der Waals surface area contributed by atoms with Gasteiger partial charge in [-0.2, -0.15) is 0 Å². The molecule has 0 radical (unpaired) electrons. The summed E-state index contributed by atoms with van der Waals surface area (Å²) in [6, 6.07) is 0. The van der Waals surface area contributed by atoms with Gasteiger partial charge < -0.3 is 34.7 Å². The van der Waals surface area contributed by atoms with Crippen LogP contribution in [0.2, 0.25) is 0 Å². The smallest absolute Gasteiger partial charge is 0.187 e. The van der Waals surface area contributed by atoms with Crippen LogP contribution in [0.1, 0.15) is 19.8 Å². The average Bonchev–Trinajstić information content (AvgIpc) is 2.50. The Hall–Kier alpha value is -0.830. The summed E-state index contributed by atoms with van der Waals surface area (Å²) >= 11 is 0. The quantitative estimate of drug-likeness (QED) is 0.378. The fraction of sp³-hybridized carbons (Fsp3) is 0.786. The van der Waals surface area contributed by atoms with Crippen LogP contribution < -0.4 is 0 Å². The molecule has 0 saturated carbocycles. The van der Waals surface area contributed by atoms with Crippen LogP contribution in [0, 0.1) is 5.41 Å². The van der Waals surface area contributed by atoms with Crippen LogP contribution >= 0.6 is 0 Å². The van der Waals surface area contributed by atoms with Gasteiger partial charge >= 0.3 is 0 Å². The number of hydrogen-bond donors (Lipinski definition) is 4. The van der Waals surface area contributed by atoms with Crippen molar-refractivity contribution in [1.82, 2.24) is 0 Å². The third-order valence-electron chi connectivity index (χ3n) is 4.21. The summed E-state index contributed by atoms with van der Waals surface area (Å²) in [6.45, 7) is 1.23. The van der Waals surface area contributed by atoms with E-state index in [0.29, 0.717) is 6.42 Å². The third kappa shape index (κ3) is 3.18. The molecule has 0 aromatic carbocycles. The zero-order chi connectivity index (χ0) is 15.6. The second kappa shape index (κ2) is 6.51. The number of carbonyl (C=O) groups excluding carboxylic acids is 1. The Kier molecular flexibility index (Phi) is 5.13. The monoisotopic (exact) mass is 302 g/mol. The highest BCUT2D eigenvalue weighted by Gasteiger charge is 2.46. The van der Waals surface area contributed by atoms with Gasteiger partial charge in [-0.1, -0.05) is 19.1 Å². The van der Waals surface area contributed by atoms with Crippen LogP contribution in [0.4, 0.5) is 0 Å². The zero-order valence-electron chi connectivity index (χ0n) is 11.8. The zero-order valence-corrected chi connectivity index (χ0v) is 11.8. The van der Waals surface area contributed by atoms with Gasteiger partial charge in [0.2, 0.25) is 0 Å². The van der Waals surface area contributed by atoms with Crippen molar-refractivity contribution in [3.8, 4) is 0 Å². The van der Waals surface area contributed by atoms with E-state index in [2.05, 4.69) is 0 Å². The maximum absolute atomic E-state index is 11.3. The van der Waals surface area contributed by atoms with Crippen LogP contribution in [0.3, 0.4) is 0 Å². The fourth-order valence-electron chi connectivity index (χ4n) is 2.63. The summed E-state index contributed by atoms with van der Waals surface area (Å²) in [4.78, 5) is 11.3. The van der Waals surface area contributed by atoms with Gasteiger partial charge in [-0.15, -0.1) is 0 Å². The second-order valence-electron chi connectivity index (χ2n) is 5.84. The van der Waals surface area contributed by atoms with Gasteiger partial charge in [-0.05, 0) is 12.8 Å². The van der Waals surface area contributed by atoms with Gasteiger partial charge in [0.25, 0.3) is 0 Å². The Balaban J connectivity index is 2.12. The summed E-state index contributed by atoms with van der Waals surface area (Å²) in [6.07, 6.45) is -1.47. The van der Waals surface area contributed by atoms with Crippen molar-refractivity contribution in [2.24, 2.45) is 5.41 Å². The molecule has 7 heteroatoms. The van der Waals surface area contributed by atoms with Gasteiger partial charge in [0.1, 0.15) is 30.7 Å². The molecule has 0 spiro atoms. The highest BCUT2D eigenvalue weighted by molar-refractivity contribution is 5.61. The molecule has 120 valence electrons. The number of allylic oxidation sites excluding steroid dienone is 1. The Labute approximate surface area is 122 Å².